The van der Waals surface area contributed by atoms with Crippen molar-refractivity contribution < 1.29 is 9.76 Å². The third-order valence-corrected chi connectivity index (χ3v) is 10.6. The first kappa shape index (κ1) is 30.3. The maximum Gasteiger partial charge on any atom is 0.330 e. The summed E-state index contributed by atoms with van der Waals surface area (Å²) in [5.41, 5.74) is 8.81. The molecule has 229 valence electrons. The lowest BCUT2D eigenvalue weighted by atomic mass is 9.58. The summed E-state index contributed by atoms with van der Waals surface area (Å²) >= 11 is 0. The Hall–Kier alpha value is -4.32. The van der Waals surface area contributed by atoms with Crippen LogP contribution in [-0.2, 0) is 4.65 Å². The smallest absolute Gasteiger partial charge is 0.330 e. The van der Waals surface area contributed by atoms with Crippen LogP contribution in [0.25, 0.3) is 33.3 Å². The largest absolute Gasteiger partial charge is 0.427 e. The van der Waals surface area contributed by atoms with Crippen LogP contribution in [0.15, 0.2) is 108 Å². The molecule has 4 aromatic carbocycles. The van der Waals surface area contributed by atoms with Gasteiger partial charge >= 0.3 is 7.48 Å². The molecule has 1 aliphatic heterocycles. The van der Waals surface area contributed by atoms with Crippen molar-refractivity contribution >= 4 is 46.4 Å². The predicted molar refractivity (Wildman–Crippen MR) is 191 cm³/mol. The molecular weight excluding hydrogens is 563 g/mol. The molecule has 2 unspecified atom stereocenters. The lowest BCUT2D eigenvalue weighted by Gasteiger charge is -2.46. The molecule has 2 heterocycles. The standard InChI is InChI=1S/C41H40BN2O2/c1-25-34-35(26(2)41(7)36(25)31-20-14-15-21-32(31)44-38(41)28-18-12-9-13-19-28)30-23-22-29(42-46-40(5,6)39(3,4)45)24-33(30)43-37(34)27-16-10-8-11-17-27/h8-24,36,45H,1-7H3. The van der Waals surface area contributed by atoms with Gasteiger partial charge in [-0.3, -0.25) is 4.99 Å². The minimum absolute atomic E-state index is 0.0932. The van der Waals surface area contributed by atoms with Gasteiger partial charge in [0.1, 0.15) is 0 Å². The summed E-state index contributed by atoms with van der Waals surface area (Å²) in [5, 5.41) is 14.2. The summed E-state index contributed by atoms with van der Waals surface area (Å²) in [5.74, 6) is 0.0932. The Morgan fingerprint density at radius 3 is 2.09 bits per heavy atom. The van der Waals surface area contributed by atoms with Crippen molar-refractivity contribution in [1.82, 2.24) is 4.98 Å². The highest BCUT2D eigenvalue weighted by atomic mass is 16.5. The fraction of sp³-hybridized carbons (Fsp3) is 0.268. The van der Waals surface area contributed by atoms with E-state index >= 15 is 0 Å². The topological polar surface area (TPSA) is 54.7 Å². The molecule has 0 amide bonds. The third-order valence-electron chi connectivity index (χ3n) is 10.6. The number of aliphatic hydroxyl groups is 1. The van der Waals surface area contributed by atoms with Crippen molar-refractivity contribution in [2.45, 2.75) is 65.6 Å². The molecule has 7 rings (SSSR count). The minimum atomic E-state index is -1.01. The SMILES string of the molecule is CC1=c2c(-c3ccccc3)nc3cc([B]OC(C)(C)C(C)(C)O)ccc3c2=C(C)C2(C)C(c3ccccc3)=Nc3ccccc3C12. The van der Waals surface area contributed by atoms with E-state index in [4.69, 9.17) is 14.6 Å². The highest BCUT2D eigenvalue weighted by Gasteiger charge is 2.48. The van der Waals surface area contributed by atoms with Gasteiger partial charge in [0.15, 0.2) is 0 Å². The minimum Gasteiger partial charge on any atom is -0.427 e. The van der Waals surface area contributed by atoms with Gasteiger partial charge in [-0.2, -0.15) is 0 Å². The van der Waals surface area contributed by atoms with Gasteiger partial charge in [-0.05, 0) is 76.9 Å². The van der Waals surface area contributed by atoms with Gasteiger partial charge in [-0.25, -0.2) is 4.98 Å². The summed E-state index contributed by atoms with van der Waals surface area (Å²) < 4.78 is 6.15. The van der Waals surface area contributed by atoms with E-state index < -0.39 is 11.2 Å². The summed E-state index contributed by atoms with van der Waals surface area (Å²) in [6, 6.07) is 36.2. The van der Waals surface area contributed by atoms with Crippen LogP contribution in [0, 0.1) is 5.41 Å². The third kappa shape index (κ3) is 4.68. The summed E-state index contributed by atoms with van der Waals surface area (Å²) in [4.78, 5) is 10.8. The maximum atomic E-state index is 10.7. The Morgan fingerprint density at radius 1 is 0.783 bits per heavy atom. The number of hydrogen-bond donors (Lipinski definition) is 1. The normalized spacial score (nSPS) is 19.3. The first-order valence-corrected chi connectivity index (χ1v) is 16.1. The lowest BCUT2D eigenvalue weighted by molar-refractivity contribution is -0.0893. The van der Waals surface area contributed by atoms with E-state index in [1.807, 2.05) is 13.8 Å². The zero-order valence-corrected chi connectivity index (χ0v) is 27.7. The maximum absolute atomic E-state index is 10.7. The highest BCUT2D eigenvalue weighted by Crippen LogP contribution is 2.55. The van der Waals surface area contributed by atoms with Gasteiger partial charge in [-0.15, -0.1) is 0 Å². The second-order valence-electron chi connectivity index (χ2n) is 14.0. The van der Waals surface area contributed by atoms with E-state index in [1.54, 1.807) is 21.3 Å². The van der Waals surface area contributed by atoms with Crippen molar-refractivity contribution in [1.29, 1.82) is 0 Å². The van der Waals surface area contributed by atoms with E-state index in [9.17, 15) is 5.11 Å². The van der Waals surface area contributed by atoms with E-state index in [2.05, 4.69) is 124 Å². The molecule has 0 bridgehead atoms. The number of aromatic nitrogens is 1. The lowest BCUT2D eigenvalue weighted by Crippen LogP contribution is -2.50. The summed E-state index contributed by atoms with van der Waals surface area (Å²) in [6.45, 7) is 14.3. The van der Waals surface area contributed by atoms with Crippen LogP contribution >= 0.6 is 0 Å². The molecule has 1 N–H and O–H groups in total. The van der Waals surface area contributed by atoms with Crippen LogP contribution in [0.3, 0.4) is 0 Å². The molecule has 2 atom stereocenters. The molecule has 5 heteroatoms. The fourth-order valence-corrected chi connectivity index (χ4v) is 7.24. The second kappa shape index (κ2) is 10.9. The second-order valence-corrected chi connectivity index (χ2v) is 14.0. The van der Waals surface area contributed by atoms with Gasteiger partial charge in [0.2, 0.25) is 0 Å². The average molecular weight is 604 g/mol. The Bertz CT molecular complexity index is 2150. The molecular formula is C41H40BN2O2. The Morgan fingerprint density at radius 2 is 1.41 bits per heavy atom. The zero-order valence-electron chi connectivity index (χ0n) is 27.7. The molecule has 1 aliphatic carbocycles. The summed E-state index contributed by atoms with van der Waals surface area (Å²) in [6.07, 6.45) is 0. The quantitative estimate of drug-likeness (QED) is 0.213. The average Bonchev–Trinajstić information content (AvgIpc) is 3.05. The van der Waals surface area contributed by atoms with Crippen LogP contribution in [0.5, 0.6) is 0 Å². The highest BCUT2D eigenvalue weighted by molar-refractivity contribution is 6.47. The van der Waals surface area contributed by atoms with E-state index in [0.29, 0.717) is 0 Å². The van der Waals surface area contributed by atoms with E-state index in [-0.39, 0.29) is 11.3 Å². The molecule has 46 heavy (non-hydrogen) atoms. The monoisotopic (exact) mass is 603 g/mol. The predicted octanol–water partition coefficient (Wildman–Crippen LogP) is 6.99. The molecule has 5 aromatic rings. The first-order valence-electron chi connectivity index (χ1n) is 16.1. The van der Waals surface area contributed by atoms with E-state index in [1.165, 1.54) is 27.1 Å². The Labute approximate surface area is 272 Å². The molecule has 2 aliphatic rings. The Kier molecular flexibility index (Phi) is 7.19. The fourth-order valence-electron chi connectivity index (χ4n) is 7.24. The van der Waals surface area contributed by atoms with Crippen molar-refractivity contribution in [3.63, 3.8) is 0 Å². The van der Waals surface area contributed by atoms with E-state index in [0.717, 1.165) is 44.6 Å². The number of pyridine rings is 1. The van der Waals surface area contributed by atoms with Crippen LogP contribution < -0.4 is 15.9 Å². The van der Waals surface area contributed by atoms with Crippen molar-refractivity contribution in [2.24, 2.45) is 10.4 Å². The molecule has 0 saturated carbocycles. The number of rotatable bonds is 6. The molecule has 1 radical (unpaired) electrons. The Balaban J connectivity index is 1.55. The molecule has 0 fully saturated rings. The summed E-state index contributed by atoms with van der Waals surface area (Å²) in [7, 11) is 1.74. The zero-order chi connectivity index (χ0) is 32.4. The van der Waals surface area contributed by atoms with Crippen LogP contribution in [-0.4, -0.2) is 34.5 Å². The number of benzene rings is 4. The number of fused-ring (bicyclic) bond motifs is 6. The van der Waals surface area contributed by atoms with Crippen molar-refractivity contribution in [2.75, 3.05) is 0 Å². The van der Waals surface area contributed by atoms with Gasteiger partial charge in [-0.1, -0.05) is 108 Å². The van der Waals surface area contributed by atoms with Gasteiger partial charge < -0.3 is 9.76 Å². The number of para-hydroxylation sites is 1. The number of nitrogens with zero attached hydrogens (tertiary/aromatic N) is 2. The number of hydrogen-bond acceptors (Lipinski definition) is 4. The van der Waals surface area contributed by atoms with Crippen LogP contribution in [0.1, 0.15) is 65.5 Å². The first-order chi connectivity index (χ1) is 21.9. The van der Waals surface area contributed by atoms with Crippen LogP contribution in [0.2, 0.25) is 0 Å². The van der Waals surface area contributed by atoms with Gasteiger partial charge in [0, 0.05) is 27.5 Å². The van der Waals surface area contributed by atoms with Crippen molar-refractivity contribution in [3.05, 3.63) is 125 Å². The number of aliphatic imine (C=N–C) groups is 1. The van der Waals surface area contributed by atoms with Crippen LogP contribution in [0.4, 0.5) is 5.69 Å². The molecule has 4 nitrogen and oxygen atoms in total. The molecule has 0 saturated heterocycles. The molecule has 1 aromatic heterocycles. The molecule has 0 spiro atoms. The van der Waals surface area contributed by atoms with Gasteiger partial charge in [0.05, 0.1) is 33.8 Å². The van der Waals surface area contributed by atoms with Gasteiger partial charge in [0.25, 0.3) is 0 Å². The van der Waals surface area contributed by atoms with Crippen molar-refractivity contribution in [3.8, 4) is 11.3 Å².